The Hall–Kier alpha value is -1.51. The molecule has 3 heteroatoms. The zero-order valence-corrected chi connectivity index (χ0v) is 15.6. The summed E-state index contributed by atoms with van der Waals surface area (Å²) in [6, 6.07) is 8.62. The van der Waals surface area contributed by atoms with Crippen molar-refractivity contribution < 1.29 is 9.53 Å². The fraction of sp³-hybridized carbons (Fsp3) is 0.682. The number of carbonyl (C=O) groups excluding carboxylic acids is 1. The summed E-state index contributed by atoms with van der Waals surface area (Å²) in [6.07, 6.45) is 8.28. The van der Waals surface area contributed by atoms with E-state index in [1.54, 1.807) is 0 Å². The number of hydrogen-bond donors (Lipinski definition) is 0. The molecule has 4 aliphatic rings. The maximum Gasteiger partial charge on any atom is 0.222 e. The monoisotopic (exact) mass is 341 g/mol. The van der Waals surface area contributed by atoms with Crippen molar-refractivity contribution in [2.24, 2.45) is 23.7 Å². The Morgan fingerprint density at radius 2 is 1.72 bits per heavy atom. The number of hydrogen-bond acceptors (Lipinski definition) is 2. The summed E-state index contributed by atoms with van der Waals surface area (Å²) in [5.74, 6) is 4.68. The van der Waals surface area contributed by atoms with Crippen molar-refractivity contribution in [2.45, 2.75) is 57.9 Å². The standard InChI is InChI=1S/C22H31NO2/c1-3-25-20-7-5-4-6-17(20)8-9-21(24)23(2)22-18-11-15-10-16(13-18)14-19(22)12-15/h4-7,15-16,18-19,22H,3,8-14H2,1-2H3. The predicted octanol–water partition coefficient (Wildman–Crippen LogP) is 4.30. The molecule has 136 valence electrons. The van der Waals surface area contributed by atoms with Crippen LogP contribution in [0.3, 0.4) is 0 Å². The summed E-state index contributed by atoms with van der Waals surface area (Å²) >= 11 is 0. The topological polar surface area (TPSA) is 29.5 Å². The van der Waals surface area contributed by atoms with E-state index in [1.807, 2.05) is 25.1 Å². The molecule has 0 heterocycles. The van der Waals surface area contributed by atoms with Crippen LogP contribution in [0.1, 0.15) is 51.0 Å². The van der Waals surface area contributed by atoms with Gasteiger partial charge in [0.2, 0.25) is 5.91 Å². The second-order valence-corrected chi connectivity index (χ2v) is 8.47. The predicted molar refractivity (Wildman–Crippen MR) is 99.5 cm³/mol. The zero-order valence-electron chi connectivity index (χ0n) is 15.6. The lowest BCUT2D eigenvalue weighted by molar-refractivity contribution is -0.141. The summed E-state index contributed by atoms with van der Waals surface area (Å²) in [4.78, 5) is 15.0. The van der Waals surface area contributed by atoms with Crippen molar-refractivity contribution >= 4 is 5.91 Å². The van der Waals surface area contributed by atoms with Crippen LogP contribution in [-0.4, -0.2) is 30.5 Å². The first-order valence-corrected chi connectivity index (χ1v) is 10.1. The van der Waals surface area contributed by atoms with Crippen LogP contribution in [0.4, 0.5) is 0 Å². The highest BCUT2D eigenvalue weighted by Crippen LogP contribution is 2.55. The highest BCUT2D eigenvalue weighted by Gasteiger charge is 2.50. The molecule has 0 saturated heterocycles. The second-order valence-electron chi connectivity index (χ2n) is 8.47. The molecule has 25 heavy (non-hydrogen) atoms. The van der Waals surface area contributed by atoms with Crippen LogP contribution < -0.4 is 4.74 Å². The third kappa shape index (κ3) is 3.30. The Balaban J connectivity index is 1.38. The molecule has 0 N–H and O–H groups in total. The number of benzene rings is 1. The number of ether oxygens (including phenoxy) is 1. The maximum atomic E-state index is 12.9. The highest BCUT2D eigenvalue weighted by atomic mass is 16.5. The lowest BCUT2D eigenvalue weighted by Crippen LogP contribution is -2.56. The van der Waals surface area contributed by atoms with Gasteiger partial charge in [0.25, 0.3) is 0 Å². The van der Waals surface area contributed by atoms with E-state index >= 15 is 0 Å². The van der Waals surface area contributed by atoms with Gasteiger partial charge in [0.05, 0.1) is 6.61 Å². The summed E-state index contributed by atoms with van der Waals surface area (Å²) in [5, 5.41) is 0. The summed E-state index contributed by atoms with van der Waals surface area (Å²) in [6.45, 7) is 2.67. The van der Waals surface area contributed by atoms with Gasteiger partial charge in [-0.05, 0) is 80.8 Å². The molecular formula is C22H31NO2. The zero-order chi connectivity index (χ0) is 17.4. The minimum absolute atomic E-state index is 0.309. The average Bonchev–Trinajstić information content (AvgIpc) is 2.60. The normalized spacial score (nSPS) is 32.6. The van der Waals surface area contributed by atoms with Gasteiger partial charge in [0.15, 0.2) is 0 Å². The Kier molecular flexibility index (Phi) is 4.75. The first-order valence-electron chi connectivity index (χ1n) is 10.1. The van der Waals surface area contributed by atoms with Gasteiger partial charge in [-0.3, -0.25) is 4.79 Å². The second kappa shape index (κ2) is 7.01. The van der Waals surface area contributed by atoms with Crippen molar-refractivity contribution in [3.63, 3.8) is 0 Å². The van der Waals surface area contributed by atoms with Crippen molar-refractivity contribution in [2.75, 3.05) is 13.7 Å². The van der Waals surface area contributed by atoms with Crippen LogP contribution in [0.5, 0.6) is 5.75 Å². The third-order valence-corrected chi connectivity index (χ3v) is 6.90. The fourth-order valence-electron chi connectivity index (χ4n) is 6.12. The van der Waals surface area contributed by atoms with Crippen LogP contribution >= 0.6 is 0 Å². The number of nitrogens with zero attached hydrogens (tertiary/aromatic N) is 1. The van der Waals surface area contributed by atoms with E-state index in [0.29, 0.717) is 25.0 Å². The van der Waals surface area contributed by atoms with Gasteiger partial charge in [-0.15, -0.1) is 0 Å². The minimum Gasteiger partial charge on any atom is -0.494 e. The molecule has 0 aliphatic heterocycles. The van der Waals surface area contributed by atoms with E-state index in [-0.39, 0.29) is 0 Å². The van der Waals surface area contributed by atoms with E-state index < -0.39 is 0 Å². The summed E-state index contributed by atoms with van der Waals surface area (Å²) in [7, 11) is 2.06. The molecular weight excluding hydrogens is 310 g/mol. The molecule has 1 aromatic carbocycles. The van der Waals surface area contributed by atoms with E-state index in [0.717, 1.165) is 41.4 Å². The van der Waals surface area contributed by atoms with Crippen LogP contribution in [0.25, 0.3) is 0 Å². The number of aryl methyl sites for hydroxylation is 1. The van der Waals surface area contributed by atoms with Gasteiger partial charge < -0.3 is 9.64 Å². The smallest absolute Gasteiger partial charge is 0.222 e. The molecule has 1 aromatic rings. The van der Waals surface area contributed by atoms with Crippen molar-refractivity contribution in [1.29, 1.82) is 0 Å². The molecule has 0 unspecified atom stereocenters. The van der Waals surface area contributed by atoms with Gasteiger partial charge in [-0.25, -0.2) is 0 Å². The summed E-state index contributed by atoms with van der Waals surface area (Å²) < 4.78 is 5.70. The minimum atomic E-state index is 0.309. The van der Waals surface area contributed by atoms with Crippen molar-refractivity contribution in [3.05, 3.63) is 29.8 Å². The number of para-hydroxylation sites is 1. The van der Waals surface area contributed by atoms with Crippen LogP contribution in [0, 0.1) is 23.7 Å². The van der Waals surface area contributed by atoms with Gasteiger partial charge >= 0.3 is 0 Å². The fourth-order valence-corrected chi connectivity index (χ4v) is 6.12. The van der Waals surface area contributed by atoms with Gasteiger partial charge in [-0.1, -0.05) is 18.2 Å². The molecule has 0 aromatic heterocycles. The van der Waals surface area contributed by atoms with Gasteiger partial charge in [-0.2, -0.15) is 0 Å². The van der Waals surface area contributed by atoms with E-state index in [1.165, 1.54) is 32.1 Å². The lowest BCUT2D eigenvalue weighted by atomic mass is 9.54. The molecule has 1 amide bonds. The Morgan fingerprint density at radius 1 is 1.08 bits per heavy atom. The van der Waals surface area contributed by atoms with Crippen LogP contribution in [0.15, 0.2) is 24.3 Å². The SMILES string of the molecule is CCOc1ccccc1CCC(=O)N(C)C1C2CC3CC(C2)CC1C3. The van der Waals surface area contributed by atoms with E-state index in [9.17, 15) is 4.79 Å². The molecule has 0 radical (unpaired) electrons. The highest BCUT2D eigenvalue weighted by molar-refractivity contribution is 5.76. The quantitative estimate of drug-likeness (QED) is 0.772. The average molecular weight is 341 g/mol. The number of rotatable bonds is 6. The molecule has 0 spiro atoms. The molecule has 4 bridgehead atoms. The molecule has 4 fully saturated rings. The first kappa shape index (κ1) is 16.9. The molecule has 5 rings (SSSR count). The number of carbonyl (C=O) groups is 1. The Bertz CT molecular complexity index is 598. The van der Waals surface area contributed by atoms with Gasteiger partial charge in [0, 0.05) is 19.5 Å². The van der Waals surface area contributed by atoms with Crippen molar-refractivity contribution in [3.8, 4) is 5.75 Å². The Morgan fingerprint density at radius 3 is 2.36 bits per heavy atom. The first-order chi connectivity index (χ1) is 12.2. The third-order valence-electron chi connectivity index (χ3n) is 6.90. The van der Waals surface area contributed by atoms with E-state index in [4.69, 9.17) is 4.74 Å². The molecule has 3 nitrogen and oxygen atoms in total. The largest absolute Gasteiger partial charge is 0.494 e. The molecule has 4 aliphatic carbocycles. The molecule has 0 atom stereocenters. The van der Waals surface area contributed by atoms with Gasteiger partial charge in [0.1, 0.15) is 5.75 Å². The molecule has 4 saturated carbocycles. The van der Waals surface area contributed by atoms with Crippen LogP contribution in [-0.2, 0) is 11.2 Å². The lowest BCUT2D eigenvalue weighted by Gasteiger charge is -2.56. The number of amides is 1. The maximum absolute atomic E-state index is 12.9. The van der Waals surface area contributed by atoms with E-state index in [2.05, 4.69) is 18.0 Å². The Labute approximate surface area is 151 Å². The summed E-state index contributed by atoms with van der Waals surface area (Å²) in [5.41, 5.74) is 1.15. The van der Waals surface area contributed by atoms with Crippen LogP contribution in [0.2, 0.25) is 0 Å². The van der Waals surface area contributed by atoms with Crippen molar-refractivity contribution in [1.82, 2.24) is 4.90 Å².